The highest BCUT2D eigenvalue weighted by Crippen LogP contribution is 2.44. The van der Waals surface area contributed by atoms with Crippen LogP contribution in [0, 0.1) is 5.41 Å². The number of alkyl halides is 1. The van der Waals surface area contributed by atoms with Crippen LogP contribution < -0.4 is 0 Å². The molecule has 0 N–H and O–H groups in total. The summed E-state index contributed by atoms with van der Waals surface area (Å²) in [5.41, 5.74) is -1.02. The van der Waals surface area contributed by atoms with Crippen LogP contribution in [-0.4, -0.2) is 0 Å². The lowest BCUT2D eigenvalue weighted by Gasteiger charge is -2.35. The second kappa shape index (κ2) is 3.65. The maximum atomic E-state index is 14.6. The molecule has 0 aliphatic rings. The van der Waals surface area contributed by atoms with E-state index >= 15 is 0 Å². The van der Waals surface area contributed by atoms with Gasteiger partial charge < -0.3 is 0 Å². The van der Waals surface area contributed by atoms with Crippen LogP contribution >= 0.6 is 15.9 Å². The Balaban J connectivity index is 3.23. The van der Waals surface area contributed by atoms with Crippen LogP contribution in [0.3, 0.4) is 0 Å². The lowest BCUT2D eigenvalue weighted by atomic mass is 9.75. The Morgan fingerprint density at radius 3 is 2.00 bits per heavy atom. The van der Waals surface area contributed by atoms with Crippen molar-refractivity contribution in [3.05, 3.63) is 34.3 Å². The molecule has 1 rings (SSSR count). The summed E-state index contributed by atoms with van der Waals surface area (Å²) in [5, 5.41) is 0. The zero-order chi connectivity index (χ0) is 11.0. The van der Waals surface area contributed by atoms with Crippen molar-refractivity contribution in [3.8, 4) is 0 Å². The topological polar surface area (TPSA) is 0 Å². The minimum atomic E-state index is -1.33. The maximum absolute atomic E-state index is 14.6. The first-order valence-electron chi connectivity index (χ1n) is 4.71. The van der Waals surface area contributed by atoms with Crippen molar-refractivity contribution in [2.75, 3.05) is 0 Å². The van der Waals surface area contributed by atoms with E-state index in [2.05, 4.69) is 15.9 Å². The molecule has 0 saturated heterocycles. The molecule has 0 fully saturated rings. The standard InChI is InChI=1S/C12H16BrF/c1-11(2,3)12(4,14)9-7-5-6-8-10(9)13/h5-8H,1-4H3. The predicted octanol–water partition coefficient (Wildman–Crippen LogP) is 4.68. The third kappa shape index (κ3) is 2.00. The highest BCUT2D eigenvalue weighted by molar-refractivity contribution is 9.10. The van der Waals surface area contributed by atoms with Crippen molar-refractivity contribution in [1.82, 2.24) is 0 Å². The summed E-state index contributed by atoms with van der Waals surface area (Å²) >= 11 is 3.38. The van der Waals surface area contributed by atoms with E-state index in [1.54, 1.807) is 6.92 Å². The Kier molecular flexibility index (Phi) is 3.05. The largest absolute Gasteiger partial charge is 0.238 e. The molecular formula is C12H16BrF. The van der Waals surface area contributed by atoms with Crippen molar-refractivity contribution in [2.45, 2.75) is 33.4 Å². The molecule has 1 aromatic carbocycles. The molecule has 0 aliphatic heterocycles. The number of rotatable bonds is 1. The van der Waals surface area contributed by atoms with Gasteiger partial charge in [-0.25, -0.2) is 4.39 Å². The van der Waals surface area contributed by atoms with Gasteiger partial charge in [-0.2, -0.15) is 0 Å². The van der Waals surface area contributed by atoms with E-state index in [0.717, 1.165) is 4.47 Å². The van der Waals surface area contributed by atoms with Gasteiger partial charge in [-0.1, -0.05) is 54.9 Å². The van der Waals surface area contributed by atoms with Crippen LogP contribution in [0.1, 0.15) is 33.3 Å². The molecule has 2 heteroatoms. The second-order valence-electron chi connectivity index (χ2n) is 4.73. The van der Waals surface area contributed by atoms with Crippen LogP contribution in [0.25, 0.3) is 0 Å². The van der Waals surface area contributed by atoms with Crippen LogP contribution in [0.5, 0.6) is 0 Å². The van der Waals surface area contributed by atoms with Crippen molar-refractivity contribution in [3.63, 3.8) is 0 Å². The molecule has 0 saturated carbocycles. The minimum Gasteiger partial charge on any atom is -0.238 e. The van der Waals surface area contributed by atoms with E-state index in [9.17, 15) is 4.39 Å². The summed E-state index contributed by atoms with van der Waals surface area (Å²) in [7, 11) is 0. The molecule has 78 valence electrons. The SMILES string of the molecule is CC(C)(C)C(C)(F)c1ccccc1Br. The first kappa shape index (κ1) is 11.7. The van der Waals surface area contributed by atoms with Crippen LogP contribution in [0.15, 0.2) is 28.7 Å². The summed E-state index contributed by atoms with van der Waals surface area (Å²) in [6.45, 7) is 7.36. The fourth-order valence-corrected chi connectivity index (χ4v) is 1.90. The summed E-state index contributed by atoms with van der Waals surface area (Å²) in [6.07, 6.45) is 0. The van der Waals surface area contributed by atoms with E-state index in [4.69, 9.17) is 0 Å². The van der Waals surface area contributed by atoms with Gasteiger partial charge in [0.25, 0.3) is 0 Å². The van der Waals surface area contributed by atoms with Crippen molar-refractivity contribution in [2.24, 2.45) is 5.41 Å². The lowest BCUT2D eigenvalue weighted by Crippen LogP contribution is -2.32. The smallest absolute Gasteiger partial charge is 0.139 e. The van der Waals surface area contributed by atoms with Gasteiger partial charge in [0.15, 0.2) is 0 Å². The first-order chi connectivity index (χ1) is 6.27. The molecule has 0 nitrogen and oxygen atoms in total. The average molecular weight is 259 g/mol. The van der Waals surface area contributed by atoms with Crippen LogP contribution in [0.2, 0.25) is 0 Å². The molecule has 0 aliphatic carbocycles. The highest BCUT2D eigenvalue weighted by atomic mass is 79.9. The Hall–Kier alpha value is -0.370. The summed E-state index contributed by atoms with van der Waals surface area (Å²) in [4.78, 5) is 0. The predicted molar refractivity (Wildman–Crippen MR) is 62.1 cm³/mol. The zero-order valence-electron chi connectivity index (χ0n) is 9.07. The van der Waals surface area contributed by atoms with Crippen molar-refractivity contribution < 1.29 is 4.39 Å². The number of hydrogen-bond acceptors (Lipinski definition) is 0. The third-order valence-corrected chi connectivity index (χ3v) is 3.48. The Labute approximate surface area is 93.7 Å². The van der Waals surface area contributed by atoms with Gasteiger partial charge in [0.1, 0.15) is 5.67 Å². The van der Waals surface area contributed by atoms with E-state index in [-0.39, 0.29) is 0 Å². The zero-order valence-corrected chi connectivity index (χ0v) is 10.7. The minimum absolute atomic E-state index is 0.406. The molecule has 0 radical (unpaired) electrons. The molecule has 1 atom stereocenters. The third-order valence-electron chi connectivity index (χ3n) is 2.79. The number of hydrogen-bond donors (Lipinski definition) is 0. The summed E-state index contributed by atoms with van der Waals surface area (Å²) < 4.78 is 15.4. The van der Waals surface area contributed by atoms with Gasteiger partial charge in [0, 0.05) is 10.0 Å². The van der Waals surface area contributed by atoms with Gasteiger partial charge >= 0.3 is 0 Å². The van der Waals surface area contributed by atoms with Gasteiger partial charge in [0.2, 0.25) is 0 Å². The molecule has 0 amide bonds. The molecule has 14 heavy (non-hydrogen) atoms. The van der Waals surface area contributed by atoms with Crippen molar-refractivity contribution >= 4 is 15.9 Å². The molecule has 0 aromatic heterocycles. The van der Waals surface area contributed by atoms with Gasteiger partial charge in [0.05, 0.1) is 0 Å². The Morgan fingerprint density at radius 1 is 1.07 bits per heavy atom. The quantitative estimate of drug-likeness (QED) is 0.686. The summed E-state index contributed by atoms with van der Waals surface area (Å²) in [6, 6.07) is 7.46. The molecule has 0 bridgehead atoms. The van der Waals surface area contributed by atoms with Gasteiger partial charge in [-0.3, -0.25) is 0 Å². The monoisotopic (exact) mass is 258 g/mol. The van der Waals surface area contributed by atoms with Gasteiger partial charge in [-0.15, -0.1) is 0 Å². The van der Waals surface area contributed by atoms with Crippen LogP contribution in [-0.2, 0) is 5.67 Å². The van der Waals surface area contributed by atoms with Crippen LogP contribution in [0.4, 0.5) is 4.39 Å². The lowest BCUT2D eigenvalue weighted by molar-refractivity contribution is 0.0445. The van der Waals surface area contributed by atoms with E-state index < -0.39 is 11.1 Å². The van der Waals surface area contributed by atoms with Crippen molar-refractivity contribution in [1.29, 1.82) is 0 Å². The second-order valence-corrected chi connectivity index (χ2v) is 5.59. The molecular weight excluding hydrogens is 243 g/mol. The van der Waals surface area contributed by atoms with Gasteiger partial charge in [-0.05, 0) is 18.4 Å². The van der Waals surface area contributed by atoms with E-state index in [0.29, 0.717) is 5.56 Å². The average Bonchev–Trinajstić information content (AvgIpc) is 2.02. The fraction of sp³-hybridized carbons (Fsp3) is 0.500. The maximum Gasteiger partial charge on any atom is 0.139 e. The first-order valence-corrected chi connectivity index (χ1v) is 5.50. The van der Waals surface area contributed by atoms with E-state index in [1.807, 2.05) is 45.0 Å². The summed E-state index contributed by atoms with van der Waals surface area (Å²) in [5.74, 6) is 0. The highest BCUT2D eigenvalue weighted by Gasteiger charge is 2.40. The normalized spacial score (nSPS) is 16.4. The number of halogens is 2. The Bertz CT molecular complexity index is 323. The molecule has 1 aromatic rings. The fourth-order valence-electron chi connectivity index (χ4n) is 1.25. The molecule has 1 unspecified atom stereocenters. The Morgan fingerprint density at radius 2 is 1.57 bits per heavy atom. The van der Waals surface area contributed by atoms with E-state index in [1.165, 1.54) is 0 Å². The number of benzene rings is 1. The molecule has 0 spiro atoms. The molecule has 0 heterocycles.